The van der Waals surface area contributed by atoms with Crippen molar-refractivity contribution in [2.75, 3.05) is 65.0 Å². The predicted octanol–water partition coefficient (Wildman–Crippen LogP) is 0.526. The molecule has 3 aliphatic heterocycles. The van der Waals surface area contributed by atoms with Crippen LogP contribution in [0.25, 0.3) is 0 Å². The second-order valence-electron chi connectivity index (χ2n) is 8.00. The van der Waals surface area contributed by atoms with E-state index < -0.39 is 10.0 Å². The molecule has 30 heavy (non-hydrogen) atoms. The largest absolute Gasteiger partial charge is 0.379 e. The number of likely N-dealkylation sites (tertiary alicyclic amines) is 1. The number of nitrogens with one attached hydrogen (secondary N) is 1. The Labute approximate surface area is 177 Å². The average molecular weight is 440 g/mol. The lowest BCUT2D eigenvalue weighted by atomic mass is 9.97. The number of morpholine rings is 1. The van der Waals surface area contributed by atoms with Crippen molar-refractivity contribution in [1.82, 2.24) is 9.21 Å². The van der Waals surface area contributed by atoms with Crippen molar-refractivity contribution in [2.24, 2.45) is 0 Å². The van der Waals surface area contributed by atoms with E-state index in [2.05, 4.69) is 5.32 Å². The van der Waals surface area contributed by atoms with E-state index in [4.69, 9.17) is 14.2 Å². The van der Waals surface area contributed by atoms with E-state index in [9.17, 15) is 13.2 Å². The topological polar surface area (TPSA) is 97.4 Å². The fourth-order valence-corrected chi connectivity index (χ4v) is 5.98. The van der Waals surface area contributed by atoms with Gasteiger partial charge in [-0.25, -0.2) is 8.42 Å². The van der Waals surface area contributed by atoms with E-state index in [0.29, 0.717) is 45.1 Å². The zero-order chi connectivity index (χ0) is 21.2. The molecule has 3 heterocycles. The van der Waals surface area contributed by atoms with Gasteiger partial charge in [0.2, 0.25) is 15.9 Å². The Morgan fingerprint density at radius 1 is 1.30 bits per heavy atom. The van der Waals surface area contributed by atoms with Crippen molar-refractivity contribution in [3.8, 4) is 0 Å². The monoisotopic (exact) mass is 439 g/mol. The lowest BCUT2D eigenvalue weighted by Crippen LogP contribution is -2.42. The van der Waals surface area contributed by atoms with Gasteiger partial charge in [0.25, 0.3) is 0 Å². The van der Waals surface area contributed by atoms with Gasteiger partial charge in [-0.3, -0.25) is 9.69 Å². The van der Waals surface area contributed by atoms with Gasteiger partial charge in [0.05, 0.1) is 30.8 Å². The number of methoxy groups -OCH3 is 1. The zero-order valence-corrected chi connectivity index (χ0v) is 18.0. The van der Waals surface area contributed by atoms with E-state index in [-0.39, 0.29) is 29.1 Å². The van der Waals surface area contributed by atoms with Crippen molar-refractivity contribution in [1.29, 1.82) is 0 Å². The van der Waals surface area contributed by atoms with Crippen molar-refractivity contribution in [3.63, 3.8) is 0 Å². The van der Waals surface area contributed by atoms with E-state index in [1.807, 2.05) is 4.90 Å². The van der Waals surface area contributed by atoms with Crippen LogP contribution in [0.5, 0.6) is 0 Å². The van der Waals surface area contributed by atoms with Crippen LogP contribution < -0.4 is 5.32 Å². The van der Waals surface area contributed by atoms with Crippen LogP contribution in [-0.4, -0.2) is 94.9 Å². The number of nitrogens with zero attached hydrogens (tertiary/aromatic N) is 2. The van der Waals surface area contributed by atoms with Crippen LogP contribution in [0, 0.1) is 0 Å². The van der Waals surface area contributed by atoms with Gasteiger partial charge in [0.1, 0.15) is 5.60 Å². The Morgan fingerprint density at radius 3 is 2.80 bits per heavy atom. The lowest BCUT2D eigenvalue weighted by molar-refractivity contribution is -0.117. The highest BCUT2D eigenvalue weighted by molar-refractivity contribution is 7.89. The van der Waals surface area contributed by atoms with Crippen LogP contribution in [0.2, 0.25) is 0 Å². The summed E-state index contributed by atoms with van der Waals surface area (Å²) >= 11 is 0. The van der Waals surface area contributed by atoms with Crippen LogP contribution in [0.3, 0.4) is 0 Å². The molecule has 166 valence electrons. The molecule has 4 rings (SSSR count). The Hall–Kier alpha value is -1.56. The molecule has 0 aliphatic carbocycles. The smallest absolute Gasteiger partial charge is 0.243 e. The maximum absolute atomic E-state index is 12.8. The molecule has 9 nitrogen and oxygen atoms in total. The molecule has 3 fully saturated rings. The standard InChI is InChI=1S/C20H29N3O6S/c1-27-18-13-22(15-20(18)6-3-9-29-20)14-19(24)21-16-4-2-5-17(12-16)30(25,26)23-7-10-28-11-8-23/h2,4-5,12,18H,3,6-11,13-15H2,1H3,(H,21,24)/t18-,20-/m1/s1. The van der Waals surface area contributed by atoms with Gasteiger partial charge < -0.3 is 19.5 Å². The second kappa shape index (κ2) is 8.89. The first-order valence-corrected chi connectivity index (χ1v) is 11.7. The number of sulfonamides is 1. The number of benzene rings is 1. The van der Waals surface area contributed by atoms with Crippen LogP contribution in [0.15, 0.2) is 29.2 Å². The molecular weight excluding hydrogens is 410 g/mol. The fourth-order valence-electron chi connectivity index (χ4n) is 4.53. The SMILES string of the molecule is CO[C@@H]1CN(CC(=O)Nc2cccc(S(=O)(=O)N3CCOCC3)c2)C[C@]12CCCO2. The Morgan fingerprint density at radius 2 is 2.10 bits per heavy atom. The first-order valence-electron chi connectivity index (χ1n) is 10.3. The van der Waals surface area contributed by atoms with Gasteiger partial charge >= 0.3 is 0 Å². The summed E-state index contributed by atoms with van der Waals surface area (Å²) in [7, 11) is -1.93. The summed E-state index contributed by atoms with van der Waals surface area (Å²) in [6, 6.07) is 6.39. The van der Waals surface area contributed by atoms with Crippen molar-refractivity contribution in [3.05, 3.63) is 24.3 Å². The molecule has 2 atom stereocenters. The normalized spacial score (nSPS) is 28.2. The summed E-state index contributed by atoms with van der Waals surface area (Å²) in [5.74, 6) is -0.194. The van der Waals surface area contributed by atoms with E-state index in [1.165, 1.54) is 10.4 Å². The lowest BCUT2D eigenvalue weighted by Gasteiger charge is -2.28. The summed E-state index contributed by atoms with van der Waals surface area (Å²) in [5, 5.41) is 2.83. The van der Waals surface area contributed by atoms with Gasteiger partial charge in [-0.15, -0.1) is 0 Å². The van der Waals surface area contributed by atoms with Gasteiger partial charge in [0, 0.05) is 45.6 Å². The van der Waals surface area contributed by atoms with Gasteiger partial charge in [-0.05, 0) is 31.0 Å². The van der Waals surface area contributed by atoms with E-state index in [0.717, 1.165) is 19.4 Å². The number of carbonyl (C=O) groups is 1. The first kappa shape index (κ1) is 21.7. The number of rotatable bonds is 6. The third-order valence-corrected chi connectivity index (χ3v) is 7.91. The molecule has 1 aromatic carbocycles. The van der Waals surface area contributed by atoms with E-state index >= 15 is 0 Å². The minimum Gasteiger partial charge on any atom is -0.379 e. The fraction of sp³-hybridized carbons (Fsp3) is 0.650. The van der Waals surface area contributed by atoms with Crippen molar-refractivity contribution >= 4 is 21.6 Å². The van der Waals surface area contributed by atoms with Gasteiger partial charge in [-0.1, -0.05) is 6.07 Å². The maximum atomic E-state index is 12.8. The van der Waals surface area contributed by atoms with Crippen molar-refractivity contribution < 1.29 is 27.4 Å². The summed E-state index contributed by atoms with van der Waals surface area (Å²) < 4.78 is 43.9. The highest BCUT2D eigenvalue weighted by Crippen LogP contribution is 2.36. The number of anilines is 1. The second-order valence-corrected chi connectivity index (χ2v) is 9.94. The number of amides is 1. The Bertz CT molecular complexity index is 865. The molecule has 0 radical (unpaired) electrons. The summed E-state index contributed by atoms with van der Waals surface area (Å²) in [4.78, 5) is 14.8. The highest BCUT2D eigenvalue weighted by atomic mass is 32.2. The van der Waals surface area contributed by atoms with Crippen molar-refractivity contribution in [2.45, 2.75) is 29.4 Å². The van der Waals surface area contributed by atoms with Crippen LogP contribution in [0.1, 0.15) is 12.8 Å². The molecule has 3 saturated heterocycles. The minimum atomic E-state index is -3.61. The quantitative estimate of drug-likeness (QED) is 0.690. The third kappa shape index (κ3) is 4.39. The van der Waals surface area contributed by atoms with E-state index in [1.54, 1.807) is 25.3 Å². The number of hydrogen-bond acceptors (Lipinski definition) is 7. The molecular formula is C20H29N3O6S. The zero-order valence-electron chi connectivity index (χ0n) is 17.2. The Kier molecular flexibility index (Phi) is 6.42. The number of ether oxygens (including phenoxy) is 3. The molecule has 0 unspecified atom stereocenters. The number of hydrogen-bond donors (Lipinski definition) is 1. The minimum absolute atomic E-state index is 0.0465. The molecule has 1 N–H and O–H groups in total. The molecule has 3 aliphatic rings. The van der Waals surface area contributed by atoms with Gasteiger partial charge in [0.15, 0.2) is 0 Å². The Balaban J connectivity index is 1.39. The summed E-state index contributed by atoms with van der Waals surface area (Å²) in [6.45, 7) is 3.66. The first-order chi connectivity index (χ1) is 14.4. The van der Waals surface area contributed by atoms with Crippen LogP contribution in [0.4, 0.5) is 5.69 Å². The molecule has 1 amide bonds. The number of carbonyl (C=O) groups excluding carboxylic acids is 1. The molecule has 0 aromatic heterocycles. The highest BCUT2D eigenvalue weighted by Gasteiger charge is 2.50. The summed E-state index contributed by atoms with van der Waals surface area (Å²) in [5.41, 5.74) is 0.143. The third-order valence-electron chi connectivity index (χ3n) is 6.01. The predicted molar refractivity (Wildman–Crippen MR) is 110 cm³/mol. The molecule has 10 heteroatoms. The molecule has 1 aromatic rings. The average Bonchev–Trinajstić information content (AvgIpc) is 3.35. The van der Waals surface area contributed by atoms with Crippen LogP contribution >= 0.6 is 0 Å². The van der Waals surface area contributed by atoms with Gasteiger partial charge in [-0.2, -0.15) is 4.31 Å². The molecule has 0 saturated carbocycles. The van der Waals surface area contributed by atoms with Crippen LogP contribution in [-0.2, 0) is 29.0 Å². The molecule has 0 bridgehead atoms. The summed E-state index contributed by atoms with van der Waals surface area (Å²) in [6.07, 6.45) is 1.89. The molecule has 1 spiro atoms. The maximum Gasteiger partial charge on any atom is 0.243 e.